The van der Waals surface area contributed by atoms with Gasteiger partial charge in [-0.2, -0.15) is 0 Å². The van der Waals surface area contributed by atoms with Crippen molar-refractivity contribution in [1.82, 2.24) is 0 Å². The van der Waals surface area contributed by atoms with Crippen molar-refractivity contribution in [3.63, 3.8) is 0 Å². The summed E-state index contributed by atoms with van der Waals surface area (Å²) in [5.74, 6) is 0. The molecule has 0 nitrogen and oxygen atoms in total. The number of hydrogen-bond donors (Lipinski definition) is 0. The second-order valence-electron chi connectivity index (χ2n) is 11.4. The Kier molecular flexibility index (Phi) is 34.0. The molecule has 0 heteroatoms. The van der Waals surface area contributed by atoms with Crippen LogP contribution in [0.5, 0.6) is 0 Å². The molecule has 0 aliphatic carbocycles. The van der Waals surface area contributed by atoms with E-state index in [9.17, 15) is 0 Å². The monoisotopic (exact) mass is 502 g/mol. The summed E-state index contributed by atoms with van der Waals surface area (Å²) in [5, 5.41) is 0. The largest absolute Gasteiger partial charge is 0.0885 e. The zero-order valence-electron chi connectivity index (χ0n) is 25.4. The van der Waals surface area contributed by atoms with Gasteiger partial charge in [-0.3, -0.25) is 0 Å². The molecule has 0 heterocycles. The molecule has 0 spiro atoms. The topological polar surface area (TPSA) is 0 Å². The lowest BCUT2D eigenvalue weighted by atomic mass is 10.0. The minimum atomic E-state index is 1.30. The molecule has 0 fully saturated rings. The normalized spacial score (nSPS) is 11.9. The van der Waals surface area contributed by atoms with Gasteiger partial charge < -0.3 is 0 Å². The third kappa shape index (κ3) is 33.5. The van der Waals surface area contributed by atoms with Gasteiger partial charge in [-0.25, -0.2) is 0 Å². The summed E-state index contributed by atoms with van der Waals surface area (Å²) in [6, 6.07) is 0. The fraction of sp³-hybridized carbons (Fsp3) is 0.861. The van der Waals surface area contributed by atoms with Crippen LogP contribution in [0.3, 0.4) is 0 Å². The zero-order valence-corrected chi connectivity index (χ0v) is 25.4. The van der Waals surface area contributed by atoms with Gasteiger partial charge in [0.15, 0.2) is 0 Å². The molecule has 0 bridgehead atoms. The maximum atomic E-state index is 2.58. The van der Waals surface area contributed by atoms with Gasteiger partial charge in [0, 0.05) is 0 Å². The van der Waals surface area contributed by atoms with Gasteiger partial charge in [-0.1, -0.05) is 173 Å². The molecule has 0 atom stereocenters. The Morgan fingerprint density at radius 1 is 0.250 bits per heavy atom. The van der Waals surface area contributed by atoms with E-state index in [1.807, 2.05) is 0 Å². The Bertz CT molecular complexity index is 378. The maximum absolute atomic E-state index is 2.58. The molecule has 36 heavy (non-hydrogen) atoms. The Labute approximate surface area is 230 Å². The number of allylic oxidation sites excluding steroid dienone is 4. The molecule has 0 aromatic rings. The van der Waals surface area contributed by atoms with E-state index in [0.29, 0.717) is 0 Å². The Morgan fingerprint density at radius 2 is 0.472 bits per heavy atom. The van der Waals surface area contributed by atoms with Crippen molar-refractivity contribution in [2.45, 2.75) is 200 Å². The summed E-state index contributed by atoms with van der Waals surface area (Å²) in [6.45, 7) is 4.58. The van der Waals surface area contributed by atoms with Crippen LogP contribution in [-0.4, -0.2) is 0 Å². The molecular weight excluding hydrogens is 432 g/mol. The predicted octanol–water partition coefficient (Wildman–Crippen LogP) is 13.7. The van der Waals surface area contributed by atoms with E-state index in [4.69, 9.17) is 0 Å². The average molecular weight is 502 g/mol. The zero-order chi connectivity index (χ0) is 26.0. The molecule has 0 aromatic heterocycles. The third-order valence-electron chi connectivity index (χ3n) is 7.59. The predicted molar refractivity (Wildman–Crippen MR) is 168 cm³/mol. The molecule has 0 rings (SSSR count). The van der Waals surface area contributed by atoms with Gasteiger partial charge in [0.25, 0.3) is 0 Å². The Hall–Kier alpha value is -0.520. The molecule has 0 unspecified atom stereocenters. The molecule has 0 aliphatic heterocycles. The van der Waals surface area contributed by atoms with Crippen molar-refractivity contribution in [2.75, 3.05) is 0 Å². The van der Waals surface area contributed by atoms with E-state index in [-0.39, 0.29) is 0 Å². The first-order valence-electron chi connectivity index (χ1n) is 17.0. The lowest BCUT2D eigenvalue weighted by Crippen LogP contribution is -1.84. The van der Waals surface area contributed by atoms with E-state index < -0.39 is 0 Å². The SMILES string of the molecule is CCCCCCC=CCCCCCCCCCC[CH]CCCCCCCCC/C=C/CCCCCC. The van der Waals surface area contributed by atoms with E-state index in [1.54, 1.807) is 0 Å². The van der Waals surface area contributed by atoms with E-state index in [0.717, 1.165) is 0 Å². The minimum Gasteiger partial charge on any atom is -0.0885 e. The molecule has 0 amide bonds. The standard InChI is InChI=1S/C36H69/c1-3-5-7-9-11-13-15-17-19-21-23-25-27-29-31-33-35-36-34-32-30-28-26-24-22-20-18-16-14-12-10-8-6-4-2/h13-16,35H,3-12,17-34,36H2,1-2H3/b15-13+,16-14?. The van der Waals surface area contributed by atoms with Gasteiger partial charge in [0.05, 0.1) is 0 Å². The van der Waals surface area contributed by atoms with Gasteiger partial charge in [0.2, 0.25) is 0 Å². The first-order chi connectivity index (χ1) is 17.9. The fourth-order valence-electron chi connectivity index (χ4n) is 5.04. The fourth-order valence-corrected chi connectivity index (χ4v) is 5.04. The van der Waals surface area contributed by atoms with Crippen LogP contribution in [0.2, 0.25) is 0 Å². The first kappa shape index (κ1) is 35.5. The van der Waals surface area contributed by atoms with Crippen LogP contribution in [0.25, 0.3) is 0 Å². The van der Waals surface area contributed by atoms with Crippen LogP contribution in [0.15, 0.2) is 24.3 Å². The van der Waals surface area contributed by atoms with Crippen molar-refractivity contribution in [1.29, 1.82) is 0 Å². The van der Waals surface area contributed by atoms with Gasteiger partial charge in [-0.05, 0) is 57.8 Å². The van der Waals surface area contributed by atoms with E-state index in [1.165, 1.54) is 186 Å². The molecule has 0 saturated carbocycles. The smallest absolute Gasteiger partial charge is 0.0351 e. The van der Waals surface area contributed by atoms with Gasteiger partial charge >= 0.3 is 0 Å². The van der Waals surface area contributed by atoms with Crippen LogP contribution in [-0.2, 0) is 0 Å². The van der Waals surface area contributed by atoms with Crippen LogP contribution < -0.4 is 0 Å². The molecule has 0 N–H and O–H groups in total. The molecule has 0 aromatic carbocycles. The van der Waals surface area contributed by atoms with Crippen LogP contribution in [0.1, 0.15) is 200 Å². The van der Waals surface area contributed by atoms with Crippen molar-refractivity contribution in [3.05, 3.63) is 30.7 Å². The summed E-state index contributed by atoms with van der Waals surface area (Å²) in [5.41, 5.74) is 0. The van der Waals surface area contributed by atoms with Crippen LogP contribution >= 0.6 is 0 Å². The second kappa shape index (κ2) is 34.5. The van der Waals surface area contributed by atoms with Crippen molar-refractivity contribution in [3.8, 4) is 0 Å². The highest BCUT2D eigenvalue weighted by atomic mass is 14.0. The number of unbranched alkanes of at least 4 members (excludes halogenated alkanes) is 27. The molecule has 0 aliphatic rings. The second-order valence-corrected chi connectivity index (χ2v) is 11.4. The Balaban J connectivity index is 3.07. The van der Waals surface area contributed by atoms with Gasteiger partial charge in [0.1, 0.15) is 0 Å². The molecule has 1 radical (unpaired) electrons. The summed E-state index contributed by atoms with van der Waals surface area (Å²) in [7, 11) is 0. The van der Waals surface area contributed by atoms with Crippen LogP contribution in [0, 0.1) is 6.42 Å². The summed E-state index contributed by atoms with van der Waals surface area (Å²) in [4.78, 5) is 0. The Morgan fingerprint density at radius 3 is 0.750 bits per heavy atom. The minimum absolute atomic E-state index is 1.30. The average Bonchev–Trinajstić information content (AvgIpc) is 2.89. The van der Waals surface area contributed by atoms with E-state index in [2.05, 4.69) is 44.6 Å². The highest BCUT2D eigenvalue weighted by molar-refractivity contribution is 4.82. The van der Waals surface area contributed by atoms with Crippen molar-refractivity contribution in [2.24, 2.45) is 0 Å². The molecule has 0 saturated heterocycles. The van der Waals surface area contributed by atoms with Crippen molar-refractivity contribution >= 4 is 0 Å². The summed E-state index contributed by atoms with van der Waals surface area (Å²) in [6.07, 6.45) is 52.9. The third-order valence-corrected chi connectivity index (χ3v) is 7.59. The maximum Gasteiger partial charge on any atom is -0.0351 e. The number of rotatable bonds is 31. The first-order valence-corrected chi connectivity index (χ1v) is 17.0. The van der Waals surface area contributed by atoms with E-state index >= 15 is 0 Å². The summed E-state index contributed by atoms with van der Waals surface area (Å²) < 4.78 is 0. The highest BCUT2D eigenvalue weighted by Crippen LogP contribution is 2.15. The molecular formula is C36H69. The van der Waals surface area contributed by atoms with Crippen molar-refractivity contribution < 1.29 is 0 Å². The van der Waals surface area contributed by atoms with Gasteiger partial charge in [-0.15, -0.1) is 0 Å². The lowest BCUT2D eigenvalue weighted by Gasteiger charge is -2.03. The lowest BCUT2D eigenvalue weighted by molar-refractivity contribution is 0.557. The molecule has 213 valence electrons. The van der Waals surface area contributed by atoms with Crippen LogP contribution in [0.4, 0.5) is 0 Å². The quantitative estimate of drug-likeness (QED) is 0.0654. The number of hydrogen-bond acceptors (Lipinski definition) is 0. The highest BCUT2D eigenvalue weighted by Gasteiger charge is 1.95. The summed E-state index contributed by atoms with van der Waals surface area (Å²) >= 11 is 0.